The molecule has 0 radical (unpaired) electrons. The zero-order valence-electron chi connectivity index (χ0n) is 10.5. The van der Waals surface area contributed by atoms with Crippen molar-refractivity contribution in [3.05, 3.63) is 17.0 Å². The Labute approximate surface area is 105 Å². The molecule has 0 spiro atoms. The van der Waals surface area contributed by atoms with Gasteiger partial charge in [-0.05, 0) is 20.3 Å². The Kier molecular flexibility index (Phi) is 3.36. The molecular formula is C12H16N2O4. The lowest BCUT2D eigenvalue weighted by Gasteiger charge is -2.15. The topological polar surface area (TPSA) is 83.6 Å². The second-order valence-corrected chi connectivity index (χ2v) is 4.64. The first-order valence-electron chi connectivity index (χ1n) is 5.91. The second-order valence-electron chi connectivity index (χ2n) is 4.64. The number of carboxylic acid groups (broad SMARTS) is 1. The fourth-order valence-electron chi connectivity index (χ4n) is 2.21. The number of carboxylic acids is 1. The maximum atomic E-state index is 12.0. The van der Waals surface area contributed by atoms with Gasteiger partial charge in [0.1, 0.15) is 5.76 Å². The second kappa shape index (κ2) is 4.80. The van der Waals surface area contributed by atoms with Crippen molar-refractivity contribution in [1.82, 2.24) is 10.1 Å². The summed E-state index contributed by atoms with van der Waals surface area (Å²) in [4.78, 5) is 24.5. The van der Waals surface area contributed by atoms with Crippen LogP contribution in [-0.4, -0.2) is 40.1 Å². The quantitative estimate of drug-likeness (QED) is 0.858. The third-order valence-corrected chi connectivity index (χ3v) is 3.40. The van der Waals surface area contributed by atoms with Gasteiger partial charge >= 0.3 is 5.97 Å². The Bertz CT molecular complexity index is 461. The molecule has 1 atom stereocenters. The zero-order valence-corrected chi connectivity index (χ0v) is 10.5. The molecule has 1 N–H and O–H groups in total. The summed E-state index contributed by atoms with van der Waals surface area (Å²) in [6.45, 7) is 4.38. The molecule has 0 bridgehead atoms. The molecule has 1 fully saturated rings. The number of carbonyl (C=O) groups is 2. The molecule has 1 amide bonds. The van der Waals surface area contributed by atoms with E-state index in [4.69, 9.17) is 9.63 Å². The van der Waals surface area contributed by atoms with Crippen molar-refractivity contribution in [2.24, 2.45) is 5.92 Å². The molecule has 1 saturated heterocycles. The lowest BCUT2D eigenvalue weighted by molar-refractivity contribution is -0.141. The van der Waals surface area contributed by atoms with Crippen LogP contribution in [0.15, 0.2) is 4.52 Å². The van der Waals surface area contributed by atoms with E-state index in [-0.39, 0.29) is 12.3 Å². The van der Waals surface area contributed by atoms with E-state index in [0.717, 1.165) is 11.3 Å². The van der Waals surface area contributed by atoms with Crippen LogP contribution in [0.2, 0.25) is 0 Å². The smallest absolute Gasteiger partial charge is 0.308 e. The van der Waals surface area contributed by atoms with Crippen LogP contribution >= 0.6 is 0 Å². The summed E-state index contributed by atoms with van der Waals surface area (Å²) >= 11 is 0. The minimum atomic E-state index is -0.831. The number of hydrogen-bond donors (Lipinski definition) is 1. The van der Waals surface area contributed by atoms with E-state index in [1.165, 1.54) is 0 Å². The molecule has 6 heteroatoms. The third-order valence-electron chi connectivity index (χ3n) is 3.40. The van der Waals surface area contributed by atoms with Crippen molar-refractivity contribution in [2.45, 2.75) is 26.7 Å². The first-order chi connectivity index (χ1) is 8.49. The summed E-state index contributed by atoms with van der Waals surface area (Å²) in [6.07, 6.45) is 0.760. The largest absolute Gasteiger partial charge is 0.481 e. The van der Waals surface area contributed by atoms with E-state index >= 15 is 0 Å². The van der Waals surface area contributed by atoms with Gasteiger partial charge in [0.05, 0.1) is 18.0 Å². The fourth-order valence-corrected chi connectivity index (χ4v) is 2.21. The molecule has 18 heavy (non-hydrogen) atoms. The van der Waals surface area contributed by atoms with E-state index < -0.39 is 11.9 Å². The van der Waals surface area contributed by atoms with Gasteiger partial charge in [-0.15, -0.1) is 0 Å². The van der Waals surface area contributed by atoms with Crippen LogP contribution in [0.1, 0.15) is 23.4 Å². The minimum Gasteiger partial charge on any atom is -0.481 e. The average Bonchev–Trinajstić information content (AvgIpc) is 2.91. The van der Waals surface area contributed by atoms with Gasteiger partial charge < -0.3 is 14.5 Å². The molecule has 6 nitrogen and oxygen atoms in total. The van der Waals surface area contributed by atoms with E-state index in [1.54, 1.807) is 18.7 Å². The molecule has 0 aliphatic carbocycles. The molecule has 2 heterocycles. The number of likely N-dealkylation sites (tertiary alicyclic amines) is 1. The van der Waals surface area contributed by atoms with Crippen molar-refractivity contribution in [3.63, 3.8) is 0 Å². The SMILES string of the molecule is Cc1noc(C)c1CC(=O)N1CC[C@H](C(=O)O)C1. The van der Waals surface area contributed by atoms with Gasteiger partial charge in [-0.2, -0.15) is 0 Å². The van der Waals surface area contributed by atoms with E-state index in [0.29, 0.717) is 25.3 Å². The number of amides is 1. The number of rotatable bonds is 3. The predicted octanol–water partition coefficient (Wildman–Crippen LogP) is 0.767. The highest BCUT2D eigenvalue weighted by atomic mass is 16.5. The van der Waals surface area contributed by atoms with Crippen LogP contribution in [0, 0.1) is 19.8 Å². The average molecular weight is 252 g/mol. The summed E-state index contributed by atoms with van der Waals surface area (Å²) in [5.74, 6) is -0.677. The number of aryl methyl sites for hydroxylation is 2. The van der Waals surface area contributed by atoms with E-state index in [9.17, 15) is 9.59 Å². The normalized spacial score (nSPS) is 19.2. The van der Waals surface area contributed by atoms with Crippen LogP contribution in [0.4, 0.5) is 0 Å². The Morgan fingerprint density at radius 1 is 1.50 bits per heavy atom. The van der Waals surface area contributed by atoms with Crippen molar-refractivity contribution in [3.8, 4) is 0 Å². The van der Waals surface area contributed by atoms with Crippen molar-refractivity contribution < 1.29 is 19.2 Å². The van der Waals surface area contributed by atoms with Gasteiger partial charge in [0, 0.05) is 18.7 Å². The molecular weight excluding hydrogens is 236 g/mol. The molecule has 0 unspecified atom stereocenters. The Morgan fingerprint density at radius 2 is 2.22 bits per heavy atom. The van der Waals surface area contributed by atoms with Crippen molar-refractivity contribution in [2.75, 3.05) is 13.1 Å². The van der Waals surface area contributed by atoms with Crippen LogP contribution in [-0.2, 0) is 16.0 Å². The lowest BCUT2D eigenvalue weighted by Crippen LogP contribution is -2.31. The molecule has 0 saturated carbocycles. The Morgan fingerprint density at radius 3 is 2.72 bits per heavy atom. The molecule has 1 aliphatic rings. The van der Waals surface area contributed by atoms with E-state index in [1.807, 2.05) is 0 Å². The van der Waals surface area contributed by atoms with Gasteiger partial charge in [-0.25, -0.2) is 0 Å². The summed E-state index contributed by atoms with van der Waals surface area (Å²) < 4.78 is 5.00. The van der Waals surface area contributed by atoms with Gasteiger partial charge in [-0.1, -0.05) is 5.16 Å². The summed E-state index contributed by atoms with van der Waals surface area (Å²) in [5, 5.41) is 12.7. The lowest BCUT2D eigenvalue weighted by atomic mass is 10.1. The maximum Gasteiger partial charge on any atom is 0.308 e. The highest BCUT2D eigenvalue weighted by Crippen LogP contribution is 2.19. The standard InChI is InChI=1S/C12H16N2O4/c1-7-10(8(2)18-13-7)5-11(15)14-4-3-9(6-14)12(16)17/h9H,3-6H2,1-2H3,(H,16,17)/t9-/m0/s1. The number of aromatic nitrogens is 1. The summed E-state index contributed by atoms with van der Waals surface area (Å²) in [5.41, 5.74) is 1.52. The van der Waals surface area contributed by atoms with Gasteiger partial charge in [0.2, 0.25) is 5.91 Å². The number of hydrogen-bond acceptors (Lipinski definition) is 4. The van der Waals surface area contributed by atoms with Gasteiger partial charge in [0.25, 0.3) is 0 Å². The highest BCUT2D eigenvalue weighted by Gasteiger charge is 2.31. The van der Waals surface area contributed by atoms with Crippen LogP contribution in [0.5, 0.6) is 0 Å². The van der Waals surface area contributed by atoms with Crippen molar-refractivity contribution in [1.29, 1.82) is 0 Å². The first-order valence-corrected chi connectivity index (χ1v) is 5.91. The number of aliphatic carboxylic acids is 1. The van der Waals surface area contributed by atoms with Crippen molar-refractivity contribution >= 4 is 11.9 Å². The molecule has 1 aliphatic heterocycles. The van der Waals surface area contributed by atoms with Crippen LogP contribution in [0.3, 0.4) is 0 Å². The zero-order chi connectivity index (χ0) is 13.3. The third kappa shape index (κ3) is 2.37. The maximum absolute atomic E-state index is 12.0. The fraction of sp³-hybridized carbons (Fsp3) is 0.583. The van der Waals surface area contributed by atoms with Gasteiger partial charge in [0.15, 0.2) is 0 Å². The first kappa shape index (κ1) is 12.6. The number of carbonyl (C=O) groups excluding carboxylic acids is 1. The Hall–Kier alpha value is -1.85. The minimum absolute atomic E-state index is 0.0619. The molecule has 0 aromatic carbocycles. The monoisotopic (exact) mass is 252 g/mol. The summed E-state index contributed by atoms with van der Waals surface area (Å²) in [7, 11) is 0. The summed E-state index contributed by atoms with van der Waals surface area (Å²) in [6, 6.07) is 0. The predicted molar refractivity (Wildman–Crippen MR) is 62.0 cm³/mol. The molecule has 98 valence electrons. The van der Waals surface area contributed by atoms with Gasteiger partial charge in [-0.3, -0.25) is 9.59 Å². The van der Waals surface area contributed by atoms with E-state index in [2.05, 4.69) is 5.16 Å². The van der Waals surface area contributed by atoms with Crippen LogP contribution in [0.25, 0.3) is 0 Å². The molecule has 1 aromatic rings. The molecule has 1 aromatic heterocycles. The van der Waals surface area contributed by atoms with Crippen LogP contribution < -0.4 is 0 Å². The Balaban J connectivity index is 2.00. The highest BCUT2D eigenvalue weighted by molar-refractivity contribution is 5.81. The molecule has 2 rings (SSSR count). The number of nitrogens with zero attached hydrogens (tertiary/aromatic N) is 2.